The molecule has 0 aliphatic carbocycles. The van der Waals surface area contributed by atoms with Gasteiger partial charge in [0, 0.05) is 40.9 Å². The Hall–Kier alpha value is -4.71. The van der Waals surface area contributed by atoms with Crippen LogP contribution >= 0.6 is 0 Å². The van der Waals surface area contributed by atoms with Gasteiger partial charge in [0.2, 0.25) is 0 Å². The molecule has 6 nitrogen and oxygen atoms in total. The minimum Gasteiger partial charge on any atom is -0.464 e. The molecular weight excluding hydrogens is 462 g/mol. The SMILES string of the molecule is CC(c1ccccc1)C1Cc2cccc3c2N1C=CN=C3C1=C(c2cccc3ccoc23)C(=O)NC1=O. The van der Waals surface area contributed by atoms with Crippen molar-refractivity contribution >= 4 is 39.8 Å². The second-order valence-corrected chi connectivity index (χ2v) is 9.65. The van der Waals surface area contributed by atoms with Crippen LogP contribution in [0.1, 0.15) is 35.1 Å². The van der Waals surface area contributed by atoms with Crippen molar-refractivity contribution in [3.63, 3.8) is 0 Å². The Balaban J connectivity index is 1.39. The van der Waals surface area contributed by atoms with E-state index in [2.05, 4.69) is 47.5 Å². The Morgan fingerprint density at radius 1 is 0.919 bits per heavy atom. The van der Waals surface area contributed by atoms with E-state index < -0.39 is 11.8 Å². The smallest absolute Gasteiger partial charge is 0.261 e. The maximum Gasteiger partial charge on any atom is 0.261 e. The molecule has 2 amide bonds. The van der Waals surface area contributed by atoms with Crippen LogP contribution < -0.4 is 10.2 Å². The lowest BCUT2D eigenvalue weighted by Gasteiger charge is -2.29. The van der Waals surface area contributed by atoms with E-state index in [4.69, 9.17) is 9.41 Å². The molecule has 4 aromatic rings. The highest BCUT2D eigenvalue weighted by Crippen LogP contribution is 2.43. The highest BCUT2D eigenvalue weighted by Gasteiger charge is 2.40. The molecule has 1 aromatic heterocycles. The molecule has 4 heterocycles. The Labute approximate surface area is 213 Å². The maximum absolute atomic E-state index is 13.3. The molecule has 2 unspecified atom stereocenters. The lowest BCUT2D eigenvalue weighted by atomic mass is 9.90. The standard InChI is InChI=1S/C31H23N3O3/c1-18(19-7-3-2-4-8-19)24-17-21-10-6-12-23-27(32-14-15-34(24)28(21)23)26-25(30(35)33-31(26)36)22-11-5-9-20-13-16-37-29(20)22/h2-16,18,24H,17H2,1H3,(H,33,35,36). The van der Waals surface area contributed by atoms with E-state index in [9.17, 15) is 9.59 Å². The summed E-state index contributed by atoms with van der Waals surface area (Å²) >= 11 is 0. The minimum atomic E-state index is -0.450. The summed E-state index contributed by atoms with van der Waals surface area (Å²) in [6, 6.07) is 24.3. The first-order valence-electron chi connectivity index (χ1n) is 12.4. The number of hydrogen-bond donors (Lipinski definition) is 1. The number of furan rings is 1. The van der Waals surface area contributed by atoms with Gasteiger partial charge in [0.1, 0.15) is 5.58 Å². The Morgan fingerprint density at radius 2 is 1.70 bits per heavy atom. The van der Waals surface area contributed by atoms with Crippen LogP contribution in [0.25, 0.3) is 16.5 Å². The molecule has 37 heavy (non-hydrogen) atoms. The molecule has 3 aliphatic heterocycles. The van der Waals surface area contributed by atoms with Gasteiger partial charge in [-0.25, -0.2) is 0 Å². The van der Waals surface area contributed by atoms with Crippen LogP contribution in [0, 0.1) is 0 Å². The third kappa shape index (κ3) is 3.22. The molecule has 0 saturated heterocycles. The molecule has 6 heteroatoms. The number of nitrogens with zero attached hydrogens (tertiary/aromatic N) is 2. The number of anilines is 1. The van der Waals surface area contributed by atoms with Crippen LogP contribution in [-0.4, -0.2) is 23.6 Å². The second kappa shape index (κ2) is 8.17. The first-order chi connectivity index (χ1) is 18.1. The molecular formula is C31H23N3O3. The third-order valence-corrected chi connectivity index (χ3v) is 7.67. The average Bonchev–Trinajstić information content (AvgIpc) is 3.58. The summed E-state index contributed by atoms with van der Waals surface area (Å²) in [5.74, 6) is -0.621. The zero-order chi connectivity index (χ0) is 25.1. The van der Waals surface area contributed by atoms with E-state index in [1.807, 2.05) is 48.7 Å². The van der Waals surface area contributed by atoms with E-state index >= 15 is 0 Å². The van der Waals surface area contributed by atoms with Gasteiger partial charge >= 0.3 is 0 Å². The number of fused-ring (bicyclic) bond motifs is 1. The maximum atomic E-state index is 13.3. The van der Waals surface area contributed by atoms with Crippen molar-refractivity contribution in [2.75, 3.05) is 4.90 Å². The number of amides is 2. The predicted molar refractivity (Wildman–Crippen MR) is 143 cm³/mol. The van der Waals surface area contributed by atoms with E-state index in [0.29, 0.717) is 16.9 Å². The Bertz CT molecular complexity index is 1690. The average molecular weight is 486 g/mol. The monoisotopic (exact) mass is 485 g/mol. The lowest BCUT2D eigenvalue weighted by molar-refractivity contribution is -0.123. The second-order valence-electron chi connectivity index (χ2n) is 9.65. The fourth-order valence-corrected chi connectivity index (χ4v) is 5.90. The van der Waals surface area contributed by atoms with Crippen LogP contribution in [-0.2, 0) is 16.0 Å². The molecule has 0 saturated carbocycles. The molecule has 7 rings (SSSR count). The van der Waals surface area contributed by atoms with Gasteiger partial charge in [-0.15, -0.1) is 0 Å². The highest BCUT2D eigenvalue weighted by atomic mass is 16.3. The van der Waals surface area contributed by atoms with Gasteiger partial charge in [0.15, 0.2) is 0 Å². The zero-order valence-electron chi connectivity index (χ0n) is 20.1. The van der Waals surface area contributed by atoms with E-state index in [0.717, 1.165) is 23.1 Å². The molecule has 2 atom stereocenters. The topological polar surface area (TPSA) is 74.9 Å². The normalized spacial score (nSPS) is 19.2. The van der Waals surface area contributed by atoms with Crippen LogP contribution in [0.4, 0.5) is 5.69 Å². The number of carbonyl (C=O) groups is 2. The third-order valence-electron chi connectivity index (χ3n) is 7.67. The van der Waals surface area contributed by atoms with Gasteiger partial charge in [0.05, 0.1) is 28.8 Å². The van der Waals surface area contributed by atoms with Gasteiger partial charge in [-0.2, -0.15) is 0 Å². The molecule has 0 bridgehead atoms. The van der Waals surface area contributed by atoms with Gasteiger partial charge in [-0.05, 0) is 23.6 Å². The summed E-state index contributed by atoms with van der Waals surface area (Å²) in [6.07, 6.45) is 6.20. The van der Waals surface area contributed by atoms with Crippen molar-refractivity contribution in [1.82, 2.24) is 5.32 Å². The molecule has 180 valence electrons. The number of imide groups is 1. The summed E-state index contributed by atoms with van der Waals surface area (Å²) in [4.78, 5) is 33.4. The number of nitrogens with one attached hydrogen (secondary N) is 1. The number of carbonyl (C=O) groups excluding carboxylic acids is 2. The van der Waals surface area contributed by atoms with Crippen molar-refractivity contribution in [2.24, 2.45) is 4.99 Å². The summed E-state index contributed by atoms with van der Waals surface area (Å²) in [6.45, 7) is 2.25. The number of benzene rings is 3. The van der Waals surface area contributed by atoms with Crippen LogP contribution in [0.5, 0.6) is 0 Å². The number of hydrogen-bond acceptors (Lipinski definition) is 5. The number of rotatable bonds is 4. The fourth-order valence-electron chi connectivity index (χ4n) is 5.90. The molecule has 0 radical (unpaired) electrons. The first-order valence-corrected chi connectivity index (χ1v) is 12.4. The van der Waals surface area contributed by atoms with Crippen molar-refractivity contribution in [1.29, 1.82) is 0 Å². The van der Waals surface area contributed by atoms with E-state index in [-0.39, 0.29) is 23.1 Å². The van der Waals surface area contributed by atoms with Gasteiger partial charge in [-0.1, -0.05) is 73.7 Å². The Morgan fingerprint density at radius 3 is 2.57 bits per heavy atom. The van der Waals surface area contributed by atoms with Crippen LogP contribution in [0.2, 0.25) is 0 Å². The van der Waals surface area contributed by atoms with Crippen molar-refractivity contribution in [2.45, 2.75) is 25.3 Å². The fraction of sp³-hybridized carbons (Fsp3) is 0.129. The quantitative estimate of drug-likeness (QED) is 0.396. The summed E-state index contributed by atoms with van der Waals surface area (Å²) in [5.41, 5.74) is 6.56. The lowest BCUT2D eigenvalue weighted by Crippen LogP contribution is -2.32. The van der Waals surface area contributed by atoms with Crippen molar-refractivity contribution in [3.8, 4) is 0 Å². The van der Waals surface area contributed by atoms with E-state index in [1.165, 1.54) is 11.1 Å². The summed E-state index contributed by atoms with van der Waals surface area (Å²) in [5, 5.41) is 3.36. The number of aliphatic imine (C=N–C) groups is 1. The summed E-state index contributed by atoms with van der Waals surface area (Å²) < 4.78 is 5.72. The van der Waals surface area contributed by atoms with Gasteiger partial charge in [0.25, 0.3) is 11.8 Å². The largest absolute Gasteiger partial charge is 0.464 e. The Kier molecular flexibility index (Phi) is 4.76. The minimum absolute atomic E-state index is 0.203. The van der Waals surface area contributed by atoms with Crippen LogP contribution in [0.15, 0.2) is 106 Å². The van der Waals surface area contributed by atoms with Crippen molar-refractivity contribution in [3.05, 3.63) is 119 Å². The molecule has 0 fully saturated rings. The van der Waals surface area contributed by atoms with Gasteiger partial charge < -0.3 is 9.32 Å². The molecule has 1 N–H and O–H groups in total. The highest BCUT2D eigenvalue weighted by molar-refractivity contribution is 6.48. The first kappa shape index (κ1) is 21.6. The summed E-state index contributed by atoms with van der Waals surface area (Å²) in [7, 11) is 0. The molecule has 3 aliphatic rings. The zero-order valence-corrected chi connectivity index (χ0v) is 20.1. The molecule has 3 aromatic carbocycles. The van der Waals surface area contributed by atoms with Gasteiger partial charge in [-0.3, -0.25) is 19.9 Å². The van der Waals surface area contributed by atoms with Crippen molar-refractivity contribution < 1.29 is 14.0 Å². The van der Waals surface area contributed by atoms with Crippen LogP contribution in [0.3, 0.4) is 0 Å². The predicted octanol–water partition coefficient (Wildman–Crippen LogP) is 5.35. The molecule has 0 spiro atoms. The number of para-hydroxylation sites is 2. The van der Waals surface area contributed by atoms with E-state index in [1.54, 1.807) is 12.5 Å².